The molecule has 6 heteroatoms. The van der Waals surface area contributed by atoms with Crippen LogP contribution in [0.15, 0.2) is 0 Å². The van der Waals surface area contributed by atoms with E-state index < -0.39 is 6.10 Å². The van der Waals surface area contributed by atoms with Crippen LogP contribution in [-0.2, 0) is 9.53 Å². The van der Waals surface area contributed by atoms with Crippen LogP contribution in [-0.4, -0.2) is 73.1 Å². The number of nitrogens with one attached hydrogen (secondary N) is 1. The van der Waals surface area contributed by atoms with Crippen molar-refractivity contribution in [2.24, 2.45) is 5.92 Å². The maximum atomic E-state index is 12.2. The van der Waals surface area contributed by atoms with Gasteiger partial charge < -0.3 is 25.2 Å². The number of nitrogens with zero attached hydrogens (tertiary/aromatic N) is 1. The summed E-state index contributed by atoms with van der Waals surface area (Å²) >= 11 is 0. The van der Waals surface area contributed by atoms with Gasteiger partial charge in [-0.05, 0) is 38.1 Å². The molecule has 0 radical (unpaired) electrons. The van der Waals surface area contributed by atoms with Gasteiger partial charge in [0.05, 0.1) is 12.7 Å². The zero-order chi connectivity index (χ0) is 30.2. The summed E-state index contributed by atoms with van der Waals surface area (Å²) in [6, 6.07) is 0. The van der Waals surface area contributed by atoms with Crippen LogP contribution >= 0.6 is 0 Å². The molecule has 6 nitrogen and oxygen atoms in total. The van der Waals surface area contributed by atoms with Crippen LogP contribution in [0.3, 0.4) is 0 Å². The van der Waals surface area contributed by atoms with Crippen LogP contribution < -0.4 is 5.32 Å². The Morgan fingerprint density at radius 1 is 0.707 bits per heavy atom. The van der Waals surface area contributed by atoms with E-state index in [-0.39, 0.29) is 12.5 Å². The van der Waals surface area contributed by atoms with Crippen molar-refractivity contribution in [2.75, 3.05) is 46.0 Å². The number of unbranched alkanes of at least 4 members (excludes halogenated alkanes) is 16. The van der Waals surface area contributed by atoms with E-state index >= 15 is 0 Å². The predicted molar refractivity (Wildman–Crippen MR) is 175 cm³/mol. The highest BCUT2D eigenvalue weighted by Gasteiger charge is 2.11. The second-order valence-electron chi connectivity index (χ2n) is 12.7. The van der Waals surface area contributed by atoms with Crippen LogP contribution in [0.2, 0.25) is 0 Å². The lowest BCUT2D eigenvalue weighted by molar-refractivity contribution is -0.121. The number of aliphatic hydroxyl groups is 2. The highest BCUT2D eigenvalue weighted by molar-refractivity contribution is 5.75. The standard InChI is InChI=1S/C35H72N2O4/c1-4-5-6-7-18-21-29-41-30-23-28-37(31-34(39)32-38)27-22-26-36-35(40)25-20-17-15-13-11-9-8-10-12-14-16-19-24-33(2)3/h33-34,38-39H,4-32H2,1-3H3,(H,36,40). The molecule has 0 aromatic heterocycles. The fourth-order valence-electron chi connectivity index (χ4n) is 5.35. The van der Waals surface area contributed by atoms with Crippen molar-refractivity contribution >= 4 is 5.91 Å². The minimum absolute atomic E-state index is 0.156. The molecule has 1 amide bonds. The summed E-state index contributed by atoms with van der Waals surface area (Å²) in [5.41, 5.74) is 0. The Morgan fingerprint density at radius 2 is 1.22 bits per heavy atom. The quantitative estimate of drug-likeness (QED) is 0.0680. The molecular weight excluding hydrogens is 512 g/mol. The topological polar surface area (TPSA) is 82.0 Å². The Bertz CT molecular complexity index is 532. The molecule has 1 atom stereocenters. The third-order valence-electron chi connectivity index (χ3n) is 7.99. The van der Waals surface area contributed by atoms with Gasteiger partial charge in [-0.25, -0.2) is 0 Å². The maximum absolute atomic E-state index is 12.2. The largest absolute Gasteiger partial charge is 0.394 e. The van der Waals surface area contributed by atoms with E-state index in [1.54, 1.807) is 0 Å². The van der Waals surface area contributed by atoms with Crippen LogP contribution in [0, 0.1) is 5.92 Å². The maximum Gasteiger partial charge on any atom is 0.219 e. The first-order chi connectivity index (χ1) is 20.0. The lowest BCUT2D eigenvalue weighted by Gasteiger charge is -2.24. The van der Waals surface area contributed by atoms with Crippen LogP contribution in [0.1, 0.15) is 162 Å². The molecule has 0 heterocycles. The van der Waals surface area contributed by atoms with Gasteiger partial charge >= 0.3 is 0 Å². The first-order valence-corrected chi connectivity index (χ1v) is 17.8. The third kappa shape index (κ3) is 32.1. The number of hydrogen-bond donors (Lipinski definition) is 3. The van der Waals surface area contributed by atoms with Gasteiger partial charge in [-0.1, -0.05) is 130 Å². The van der Waals surface area contributed by atoms with Crippen molar-refractivity contribution in [1.29, 1.82) is 0 Å². The number of carbonyl (C=O) groups excluding carboxylic acids is 1. The fourth-order valence-corrected chi connectivity index (χ4v) is 5.35. The Labute approximate surface area is 255 Å². The van der Waals surface area contributed by atoms with E-state index in [4.69, 9.17) is 4.74 Å². The summed E-state index contributed by atoms with van der Waals surface area (Å²) < 4.78 is 5.79. The molecule has 0 aromatic rings. The Kier molecular flexibility index (Phi) is 31.7. The predicted octanol–water partition coefficient (Wildman–Crippen LogP) is 8.03. The van der Waals surface area contributed by atoms with Gasteiger partial charge in [-0.15, -0.1) is 0 Å². The second-order valence-corrected chi connectivity index (χ2v) is 12.7. The molecule has 0 aliphatic carbocycles. The van der Waals surface area contributed by atoms with E-state index in [1.165, 1.54) is 103 Å². The number of amides is 1. The summed E-state index contributed by atoms with van der Waals surface area (Å²) in [6.45, 7) is 11.0. The van der Waals surface area contributed by atoms with Crippen LogP contribution in [0.25, 0.3) is 0 Å². The van der Waals surface area contributed by atoms with E-state index in [1.807, 2.05) is 0 Å². The number of carbonyl (C=O) groups is 1. The van der Waals surface area contributed by atoms with Crippen molar-refractivity contribution in [1.82, 2.24) is 10.2 Å². The van der Waals surface area contributed by atoms with Gasteiger partial charge in [0, 0.05) is 39.3 Å². The van der Waals surface area contributed by atoms with Gasteiger partial charge in [-0.3, -0.25) is 4.79 Å². The molecule has 0 spiro atoms. The molecule has 0 aromatic carbocycles. The van der Waals surface area contributed by atoms with E-state index in [9.17, 15) is 15.0 Å². The molecule has 3 N–H and O–H groups in total. The second kappa shape index (κ2) is 32.2. The highest BCUT2D eigenvalue weighted by Crippen LogP contribution is 2.14. The number of ether oxygens (including phenoxy) is 1. The van der Waals surface area contributed by atoms with Crippen molar-refractivity contribution in [2.45, 2.75) is 168 Å². The molecule has 0 bridgehead atoms. The lowest BCUT2D eigenvalue weighted by Crippen LogP contribution is -2.37. The highest BCUT2D eigenvalue weighted by atomic mass is 16.5. The van der Waals surface area contributed by atoms with Crippen LogP contribution in [0.4, 0.5) is 0 Å². The number of hydrogen-bond acceptors (Lipinski definition) is 5. The van der Waals surface area contributed by atoms with Gasteiger partial charge in [-0.2, -0.15) is 0 Å². The molecule has 0 saturated heterocycles. The monoisotopic (exact) mass is 585 g/mol. The molecule has 0 saturated carbocycles. The molecule has 0 aliphatic heterocycles. The average molecular weight is 585 g/mol. The molecule has 41 heavy (non-hydrogen) atoms. The van der Waals surface area contributed by atoms with E-state index in [0.717, 1.165) is 64.3 Å². The van der Waals surface area contributed by atoms with Gasteiger partial charge in [0.25, 0.3) is 0 Å². The van der Waals surface area contributed by atoms with Gasteiger partial charge in [0.2, 0.25) is 5.91 Å². The molecular formula is C35H72N2O4. The smallest absolute Gasteiger partial charge is 0.219 e. The Morgan fingerprint density at radius 3 is 1.80 bits per heavy atom. The van der Waals surface area contributed by atoms with E-state index in [2.05, 4.69) is 31.0 Å². The van der Waals surface area contributed by atoms with Crippen molar-refractivity contribution < 1.29 is 19.7 Å². The molecule has 1 unspecified atom stereocenters. The minimum atomic E-state index is -0.724. The van der Waals surface area contributed by atoms with Crippen LogP contribution in [0.5, 0.6) is 0 Å². The summed E-state index contributed by atoms with van der Waals surface area (Å²) in [7, 11) is 0. The summed E-state index contributed by atoms with van der Waals surface area (Å²) in [4.78, 5) is 14.4. The van der Waals surface area contributed by atoms with E-state index in [0.29, 0.717) is 19.5 Å². The summed E-state index contributed by atoms with van der Waals surface area (Å²) in [6.07, 6.45) is 26.5. The van der Waals surface area contributed by atoms with Crippen molar-refractivity contribution in [3.05, 3.63) is 0 Å². The Balaban J connectivity index is 3.66. The Hall–Kier alpha value is -0.690. The first kappa shape index (κ1) is 40.3. The normalized spacial score (nSPS) is 12.5. The first-order valence-electron chi connectivity index (χ1n) is 17.8. The number of aliphatic hydroxyl groups excluding tert-OH is 2. The molecule has 0 aliphatic rings. The summed E-state index contributed by atoms with van der Waals surface area (Å²) in [5.74, 6) is 1.01. The third-order valence-corrected chi connectivity index (χ3v) is 7.99. The van der Waals surface area contributed by atoms with Gasteiger partial charge in [0.1, 0.15) is 0 Å². The molecule has 246 valence electrons. The minimum Gasteiger partial charge on any atom is -0.394 e. The average Bonchev–Trinajstić information content (AvgIpc) is 2.95. The molecule has 0 fully saturated rings. The lowest BCUT2D eigenvalue weighted by atomic mass is 10.0. The van der Waals surface area contributed by atoms with Gasteiger partial charge in [0.15, 0.2) is 0 Å². The van der Waals surface area contributed by atoms with Crippen molar-refractivity contribution in [3.8, 4) is 0 Å². The summed E-state index contributed by atoms with van der Waals surface area (Å²) in [5, 5.41) is 22.2. The zero-order valence-corrected chi connectivity index (χ0v) is 27.8. The fraction of sp³-hybridized carbons (Fsp3) is 0.971. The number of rotatable bonds is 33. The molecule has 0 rings (SSSR count). The SMILES string of the molecule is CCCCCCCCOCCCN(CCCNC(=O)CCCCCCCCCCCCCCC(C)C)CC(O)CO. The van der Waals surface area contributed by atoms with Crippen molar-refractivity contribution in [3.63, 3.8) is 0 Å². The zero-order valence-electron chi connectivity index (χ0n) is 27.8.